The van der Waals surface area contributed by atoms with E-state index in [1.807, 2.05) is 0 Å². The quantitative estimate of drug-likeness (QED) is 0.711. The minimum absolute atomic E-state index is 0.903. The molecule has 1 N–H and O–H groups in total. The van der Waals surface area contributed by atoms with Crippen molar-refractivity contribution in [2.45, 2.75) is 38.1 Å². The third-order valence-electron chi connectivity index (χ3n) is 3.66. The van der Waals surface area contributed by atoms with Crippen molar-refractivity contribution < 1.29 is 0 Å². The van der Waals surface area contributed by atoms with Crippen molar-refractivity contribution in [3.63, 3.8) is 0 Å². The van der Waals surface area contributed by atoms with Gasteiger partial charge in [0.2, 0.25) is 0 Å². The van der Waals surface area contributed by atoms with Gasteiger partial charge in [0.15, 0.2) is 0 Å². The maximum absolute atomic E-state index is 3.44. The Bertz CT molecular complexity index is 146. The average Bonchev–Trinajstić information content (AvgIpc) is 2.74. The van der Waals surface area contributed by atoms with Crippen molar-refractivity contribution in [1.82, 2.24) is 10.2 Å². The molecule has 0 radical (unpaired) electrons. The van der Waals surface area contributed by atoms with Crippen molar-refractivity contribution in [3.05, 3.63) is 0 Å². The Kier molecular flexibility index (Phi) is 3.23. The molecule has 2 heteroatoms. The van der Waals surface area contributed by atoms with Gasteiger partial charge in [-0.2, -0.15) is 0 Å². The summed E-state index contributed by atoms with van der Waals surface area (Å²) in [7, 11) is 2.31. The van der Waals surface area contributed by atoms with Crippen LogP contribution >= 0.6 is 0 Å². The molecule has 2 fully saturated rings. The van der Waals surface area contributed by atoms with Crippen LogP contribution in [-0.2, 0) is 0 Å². The lowest BCUT2D eigenvalue weighted by Gasteiger charge is -2.26. The highest BCUT2D eigenvalue weighted by Crippen LogP contribution is 2.23. The van der Waals surface area contributed by atoms with E-state index in [1.54, 1.807) is 0 Å². The van der Waals surface area contributed by atoms with Gasteiger partial charge in [0.25, 0.3) is 0 Å². The van der Waals surface area contributed by atoms with Crippen LogP contribution in [0, 0.1) is 5.92 Å². The van der Waals surface area contributed by atoms with Gasteiger partial charge in [0.05, 0.1) is 0 Å². The van der Waals surface area contributed by atoms with Crippen molar-refractivity contribution in [2.75, 3.05) is 26.7 Å². The third-order valence-corrected chi connectivity index (χ3v) is 3.66. The second kappa shape index (κ2) is 4.43. The monoisotopic (exact) mass is 182 g/mol. The molecule has 1 heterocycles. The Balaban J connectivity index is 1.73. The minimum atomic E-state index is 0.903. The molecule has 1 aliphatic heterocycles. The molecular formula is C11H22N2. The van der Waals surface area contributed by atoms with Gasteiger partial charge in [-0.3, -0.25) is 0 Å². The summed E-state index contributed by atoms with van der Waals surface area (Å²) in [6, 6.07) is 0.903. The number of nitrogens with one attached hydrogen (secondary N) is 1. The molecule has 1 aliphatic carbocycles. The number of rotatable bonds is 3. The predicted octanol–water partition coefficient (Wildman–Crippen LogP) is 1.47. The number of nitrogens with zero attached hydrogens (tertiary/aromatic N) is 1. The smallest absolute Gasteiger partial charge is 0.00923 e. The Morgan fingerprint density at radius 2 is 2.00 bits per heavy atom. The Hall–Kier alpha value is -0.0800. The first-order valence-corrected chi connectivity index (χ1v) is 5.77. The zero-order chi connectivity index (χ0) is 9.10. The fourth-order valence-corrected chi connectivity index (χ4v) is 2.77. The second-order valence-corrected chi connectivity index (χ2v) is 4.74. The highest BCUT2D eigenvalue weighted by Gasteiger charge is 2.23. The van der Waals surface area contributed by atoms with Gasteiger partial charge in [0, 0.05) is 12.6 Å². The van der Waals surface area contributed by atoms with Crippen LogP contribution in [0.3, 0.4) is 0 Å². The van der Waals surface area contributed by atoms with Crippen LogP contribution < -0.4 is 5.32 Å². The van der Waals surface area contributed by atoms with Gasteiger partial charge in [-0.25, -0.2) is 0 Å². The van der Waals surface area contributed by atoms with Crippen molar-refractivity contribution in [2.24, 2.45) is 5.92 Å². The maximum Gasteiger partial charge on any atom is 0.00923 e. The summed E-state index contributed by atoms with van der Waals surface area (Å²) in [5.41, 5.74) is 0. The molecule has 0 aromatic carbocycles. The van der Waals surface area contributed by atoms with Crippen molar-refractivity contribution in [1.29, 1.82) is 0 Å². The molecule has 0 spiro atoms. The SMILES string of the molecule is CN(CC1CCNC1)C1CCCC1. The van der Waals surface area contributed by atoms with Gasteiger partial charge < -0.3 is 10.2 Å². The van der Waals surface area contributed by atoms with E-state index in [0.29, 0.717) is 0 Å². The molecule has 0 aromatic heterocycles. The van der Waals surface area contributed by atoms with Crippen LogP contribution in [0.4, 0.5) is 0 Å². The van der Waals surface area contributed by atoms with Crippen LogP contribution in [-0.4, -0.2) is 37.6 Å². The fourth-order valence-electron chi connectivity index (χ4n) is 2.77. The molecule has 2 nitrogen and oxygen atoms in total. The first kappa shape index (κ1) is 9.47. The molecule has 2 aliphatic rings. The Morgan fingerprint density at radius 3 is 2.62 bits per heavy atom. The largest absolute Gasteiger partial charge is 0.316 e. The van der Waals surface area contributed by atoms with Crippen molar-refractivity contribution in [3.8, 4) is 0 Å². The lowest BCUT2D eigenvalue weighted by atomic mass is 10.1. The predicted molar refractivity (Wildman–Crippen MR) is 55.9 cm³/mol. The van der Waals surface area contributed by atoms with E-state index >= 15 is 0 Å². The summed E-state index contributed by atoms with van der Waals surface area (Å²) in [4.78, 5) is 2.60. The molecule has 1 saturated heterocycles. The molecule has 0 aromatic rings. The molecule has 1 atom stereocenters. The van der Waals surface area contributed by atoms with E-state index in [-0.39, 0.29) is 0 Å². The van der Waals surface area contributed by atoms with Gasteiger partial charge in [-0.05, 0) is 45.3 Å². The average molecular weight is 182 g/mol. The summed E-state index contributed by atoms with van der Waals surface area (Å²) in [5, 5.41) is 3.44. The van der Waals surface area contributed by atoms with Gasteiger partial charge in [0.1, 0.15) is 0 Å². The first-order chi connectivity index (χ1) is 6.36. The lowest BCUT2D eigenvalue weighted by Crippen LogP contribution is -2.34. The van der Waals surface area contributed by atoms with E-state index in [0.717, 1.165) is 12.0 Å². The van der Waals surface area contributed by atoms with Gasteiger partial charge in [-0.15, -0.1) is 0 Å². The number of hydrogen-bond donors (Lipinski definition) is 1. The van der Waals surface area contributed by atoms with Gasteiger partial charge >= 0.3 is 0 Å². The molecule has 13 heavy (non-hydrogen) atoms. The summed E-state index contributed by atoms with van der Waals surface area (Å²) >= 11 is 0. The van der Waals surface area contributed by atoms with Crippen LogP contribution in [0.1, 0.15) is 32.1 Å². The van der Waals surface area contributed by atoms with E-state index in [1.165, 1.54) is 51.7 Å². The van der Waals surface area contributed by atoms with E-state index in [9.17, 15) is 0 Å². The minimum Gasteiger partial charge on any atom is -0.316 e. The Labute approximate surface area is 81.7 Å². The second-order valence-electron chi connectivity index (χ2n) is 4.74. The third kappa shape index (κ3) is 2.44. The molecule has 76 valence electrons. The Morgan fingerprint density at radius 1 is 1.23 bits per heavy atom. The topological polar surface area (TPSA) is 15.3 Å². The molecule has 1 saturated carbocycles. The fraction of sp³-hybridized carbons (Fsp3) is 1.00. The number of hydrogen-bond acceptors (Lipinski definition) is 2. The summed E-state index contributed by atoms with van der Waals surface area (Å²) < 4.78 is 0. The summed E-state index contributed by atoms with van der Waals surface area (Å²) in [6.45, 7) is 3.80. The zero-order valence-corrected chi connectivity index (χ0v) is 8.76. The van der Waals surface area contributed by atoms with E-state index < -0.39 is 0 Å². The van der Waals surface area contributed by atoms with Crippen LogP contribution in [0.15, 0.2) is 0 Å². The highest BCUT2D eigenvalue weighted by molar-refractivity contribution is 4.79. The lowest BCUT2D eigenvalue weighted by molar-refractivity contribution is 0.214. The first-order valence-electron chi connectivity index (χ1n) is 5.77. The molecule has 0 amide bonds. The maximum atomic E-state index is 3.44. The highest BCUT2D eigenvalue weighted by atomic mass is 15.1. The van der Waals surface area contributed by atoms with Crippen LogP contribution in [0.5, 0.6) is 0 Å². The zero-order valence-electron chi connectivity index (χ0n) is 8.76. The summed E-state index contributed by atoms with van der Waals surface area (Å²) in [6.07, 6.45) is 7.18. The van der Waals surface area contributed by atoms with E-state index in [4.69, 9.17) is 0 Å². The standard InChI is InChI=1S/C11H22N2/c1-13(11-4-2-3-5-11)9-10-6-7-12-8-10/h10-12H,2-9H2,1H3. The van der Waals surface area contributed by atoms with Crippen LogP contribution in [0.25, 0.3) is 0 Å². The molecular weight excluding hydrogens is 160 g/mol. The van der Waals surface area contributed by atoms with Crippen molar-refractivity contribution >= 4 is 0 Å². The van der Waals surface area contributed by atoms with Crippen LogP contribution in [0.2, 0.25) is 0 Å². The molecule has 2 rings (SSSR count). The van der Waals surface area contributed by atoms with Gasteiger partial charge in [-0.1, -0.05) is 12.8 Å². The molecule has 0 bridgehead atoms. The normalized spacial score (nSPS) is 30.5. The molecule has 1 unspecified atom stereocenters. The summed E-state index contributed by atoms with van der Waals surface area (Å²) in [5.74, 6) is 0.922. The van der Waals surface area contributed by atoms with E-state index in [2.05, 4.69) is 17.3 Å².